The van der Waals surface area contributed by atoms with Gasteiger partial charge >= 0.3 is 0 Å². The number of carbonyl (C=O) groups excluding carboxylic acids is 2. The van der Waals surface area contributed by atoms with E-state index in [9.17, 15) is 9.59 Å². The third-order valence-electron chi connectivity index (χ3n) is 4.07. The Bertz CT molecular complexity index is 513. The second-order valence-electron chi connectivity index (χ2n) is 5.90. The molecule has 1 aromatic rings. The van der Waals surface area contributed by atoms with E-state index in [1.807, 2.05) is 37.3 Å². The lowest BCUT2D eigenvalue weighted by molar-refractivity contribution is -0.137. The average Bonchev–Trinajstić information content (AvgIpc) is 2.60. The zero-order chi connectivity index (χ0) is 16.7. The molecule has 1 heterocycles. The van der Waals surface area contributed by atoms with Crippen LogP contribution >= 0.6 is 0 Å². The van der Waals surface area contributed by atoms with Gasteiger partial charge in [0.15, 0.2) is 6.61 Å². The van der Waals surface area contributed by atoms with E-state index in [0.717, 1.165) is 0 Å². The summed E-state index contributed by atoms with van der Waals surface area (Å²) in [4.78, 5) is 26.0. The molecule has 1 fully saturated rings. The Morgan fingerprint density at radius 3 is 2.57 bits per heavy atom. The van der Waals surface area contributed by atoms with Crippen molar-refractivity contribution in [3.63, 3.8) is 0 Å². The van der Waals surface area contributed by atoms with Crippen molar-refractivity contribution in [3.05, 3.63) is 30.3 Å². The number of hydrogen-bond donors (Lipinski definition) is 2. The number of ether oxygens (including phenoxy) is 1. The number of hydrogen-bond acceptors (Lipinski definition) is 4. The lowest BCUT2D eigenvalue weighted by Crippen LogP contribution is -2.47. The second-order valence-corrected chi connectivity index (χ2v) is 5.90. The van der Waals surface area contributed by atoms with Crippen molar-refractivity contribution in [2.45, 2.75) is 25.8 Å². The van der Waals surface area contributed by atoms with E-state index < -0.39 is 0 Å². The summed E-state index contributed by atoms with van der Waals surface area (Å²) in [5.74, 6) is 0.646. The molecule has 3 N–H and O–H groups in total. The molecule has 23 heavy (non-hydrogen) atoms. The normalized spacial score (nSPS) is 16.7. The number of nitrogens with zero attached hydrogens (tertiary/aromatic N) is 1. The summed E-state index contributed by atoms with van der Waals surface area (Å²) < 4.78 is 5.48. The summed E-state index contributed by atoms with van der Waals surface area (Å²) in [6.45, 7) is 3.53. The van der Waals surface area contributed by atoms with E-state index in [4.69, 9.17) is 10.5 Å². The predicted octanol–water partition coefficient (Wildman–Crippen LogP) is 0.767. The van der Waals surface area contributed by atoms with Crippen LogP contribution in [0.2, 0.25) is 0 Å². The molecule has 1 saturated heterocycles. The molecule has 1 aliphatic heterocycles. The van der Waals surface area contributed by atoms with Gasteiger partial charge in [0, 0.05) is 31.6 Å². The minimum absolute atomic E-state index is 0.0126. The number of amides is 2. The molecule has 1 atom stereocenters. The first-order valence-corrected chi connectivity index (χ1v) is 8.06. The Labute approximate surface area is 137 Å². The van der Waals surface area contributed by atoms with E-state index in [-0.39, 0.29) is 30.4 Å². The Hall–Kier alpha value is -2.08. The van der Waals surface area contributed by atoms with Crippen LogP contribution in [0.4, 0.5) is 0 Å². The fraction of sp³-hybridized carbons (Fsp3) is 0.529. The van der Waals surface area contributed by atoms with Crippen LogP contribution < -0.4 is 15.8 Å². The maximum absolute atomic E-state index is 12.2. The van der Waals surface area contributed by atoms with Gasteiger partial charge in [-0.05, 0) is 31.9 Å². The van der Waals surface area contributed by atoms with Gasteiger partial charge in [-0.15, -0.1) is 0 Å². The fourth-order valence-electron chi connectivity index (χ4n) is 2.56. The van der Waals surface area contributed by atoms with Crippen LogP contribution in [-0.2, 0) is 9.59 Å². The Morgan fingerprint density at radius 2 is 1.96 bits per heavy atom. The zero-order valence-electron chi connectivity index (χ0n) is 13.5. The van der Waals surface area contributed by atoms with Gasteiger partial charge in [0.05, 0.1) is 0 Å². The van der Waals surface area contributed by atoms with Gasteiger partial charge in [0.2, 0.25) is 5.91 Å². The highest BCUT2D eigenvalue weighted by atomic mass is 16.5. The van der Waals surface area contributed by atoms with Crippen LogP contribution in [0.5, 0.6) is 5.75 Å². The van der Waals surface area contributed by atoms with Crippen molar-refractivity contribution in [3.8, 4) is 5.75 Å². The van der Waals surface area contributed by atoms with Gasteiger partial charge in [0.1, 0.15) is 5.75 Å². The predicted molar refractivity (Wildman–Crippen MR) is 87.9 cm³/mol. The van der Waals surface area contributed by atoms with E-state index in [2.05, 4.69) is 5.32 Å². The van der Waals surface area contributed by atoms with Gasteiger partial charge in [-0.2, -0.15) is 0 Å². The molecule has 0 aromatic heterocycles. The summed E-state index contributed by atoms with van der Waals surface area (Å²) in [5.41, 5.74) is 5.51. The molecule has 2 amide bonds. The molecule has 6 nitrogen and oxygen atoms in total. The topological polar surface area (TPSA) is 84.7 Å². The number of carbonyl (C=O) groups is 2. The molecule has 0 radical (unpaired) electrons. The summed E-state index contributed by atoms with van der Waals surface area (Å²) in [6, 6.07) is 9.26. The van der Waals surface area contributed by atoms with Gasteiger partial charge in [-0.3, -0.25) is 9.59 Å². The zero-order valence-corrected chi connectivity index (χ0v) is 13.5. The summed E-state index contributed by atoms with van der Waals surface area (Å²) in [7, 11) is 0. The molecular formula is C17H25N3O3. The van der Waals surface area contributed by atoms with Crippen molar-refractivity contribution >= 4 is 11.8 Å². The number of benzene rings is 1. The highest BCUT2D eigenvalue weighted by molar-refractivity contribution is 5.80. The number of nitrogens with one attached hydrogen (secondary N) is 1. The van der Waals surface area contributed by atoms with Crippen LogP contribution in [0.25, 0.3) is 0 Å². The SMILES string of the molecule is C[C@@H](CN)NC(=O)C1CCN(C(=O)COc2ccccc2)CC1. The van der Waals surface area contributed by atoms with Crippen molar-refractivity contribution in [2.75, 3.05) is 26.2 Å². The molecule has 1 aliphatic rings. The van der Waals surface area contributed by atoms with E-state index in [1.54, 1.807) is 4.90 Å². The quantitative estimate of drug-likeness (QED) is 0.811. The van der Waals surface area contributed by atoms with Gasteiger partial charge in [0.25, 0.3) is 5.91 Å². The summed E-state index contributed by atoms with van der Waals surface area (Å²) >= 11 is 0. The van der Waals surface area contributed by atoms with Crippen LogP contribution in [0.1, 0.15) is 19.8 Å². The van der Waals surface area contributed by atoms with Crippen molar-refractivity contribution in [2.24, 2.45) is 11.7 Å². The van der Waals surface area contributed by atoms with Gasteiger partial charge in [-0.25, -0.2) is 0 Å². The Morgan fingerprint density at radius 1 is 1.30 bits per heavy atom. The monoisotopic (exact) mass is 319 g/mol. The Kier molecular flexibility index (Phi) is 6.40. The van der Waals surface area contributed by atoms with Crippen LogP contribution in [-0.4, -0.2) is 49.0 Å². The summed E-state index contributed by atoms with van der Waals surface area (Å²) in [5, 5.41) is 2.90. The van der Waals surface area contributed by atoms with Crippen LogP contribution in [0.15, 0.2) is 30.3 Å². The maximum atomic E-state index is 12.2. The highest BCUT2D eigenvalue weighted by Gasteiger charge is 2.27. The minimum Gasteiger partial charge on any atom is -0.484 e. The maximum Gasteiger partial charge on any atom is 0.260 e. The van der Waals surface area contributed by atoms with E-state index in [1.165, 1.54) is 0 Å². The highest BCUT2D eigenvalue weighted by Crippen LogP contribution is 2.18. The van der Waals surface area contributed by atoms with Crippen molar-refractivity contribution < 1.29 is 14.3 Å². The minimum atomic E-state index is -0.0389. The Balaban J connectivity index is 1.73. The number of rotatable bonds is 6. The molecule has 0 spiro atoms. The van der Waals surface area contributed by atoms with Crippen LogP contribution in [0, 0.1) is 5.92 Å². The molecule has 0 unspecified atom stereocenters. The smallest absolute Gasteiger partial charge is 0.260 e. The number of para-hydroxylation sites is 1. The molecule has 0 aliphatic carbocycles. The molecule has 0 saturated carbocycles. The second kappa shape index (κ2) is 8.53. The third-order valence-corrected chi connectivity index (χ3v) is 4.07. The number of nitrogens with two attached hydrogens (primary N) is 1. The fourth-order valence-corrected chi connectivity index (χ4v) is 2.56. The first kappa shape index (κ1) is 17.3. The summed E-state index contributed by atoms with van der Waals surface area (Å²) in [6.07, 6.45) is 1.36. The molecule has 1 aromatic carbocycles. The van der Waals surface area contributed by atoms with E-state index >= 15 is 0 Å². The van der Waals surface area contributed by atoms with E-state index in [0.29, 0.717) is 38.2 Å². The first-order valence-electron chi connectivity index (χ1n) is 8.06. The first-order chi connectivity index (χ1) is 11.1. The number of piperidine rings is 1. The van der Waals surface area contributed by atoms with Crippen LogP contribution in [0.3, 0.4) is 0 Å². The molecule has 2 rings (SSSR count). The molecule has 126 valence electrons. The van der Waals surface area contributed by atoms with Gasteiger partial charge in [-0.1, -0.05) is 18.2 Å². The third kappa shape index (κ3) is 5.25. The lowest BCUT2D eigenvalue weighted by atomic mass is 9.95. The van der Waals surface area contributed by atoms with Crippen molar-refractivity contribution in [1.82, 2.24) is 10.2 Å². The molecule has 6 heteroatoms. The molecule has 0 bridgehead atoms. The molecular weight excluding hydrogens is 294 g/mol. The lowest BCUT2D eigenvalue weighted by Gasteiger charge is -2.31. The largest absolute Gasteiger partial charge is 0.484 e. The standard InChI is InChI=1S/C17H25N3O3/c1-13(11-18)19-17(22)14-7-9-20(10-8-14)16(21)12-23-15-5-3-2-4-6-15/h2-6,13-14H,7-12,18H2,1H3,(H,19,22)/t13-/m0/s1. The number of likely N-dealkylation sites (tertiary alicyclic amines) is 1. The average molecular weight is 319 g/mol. The van der Waals surface area contributed by atoms with Gasteiger partial charge < -0.3 is 20.7 Å². The van der Waals surface area contributed by atoms with Crippen molar-refractivity contribution in [1.29, 1.82) is 0 Å².